The van der Waals surface area contributed by atoms with Gasteiger partial charge in [-0.3, -0.25) is 0 Å². The second-order valence-corrected chi connectivity index (χ2v) is 6.83. The first-order valence-electron chi connectivity index (χ1n) is 7.78. The van der Waals surface area contributed by atoms with Gasteiger partial charge in [0.05, 0.1) is 6.04 Å². The fourth-order valence-electron chi connectivity index (χ4n) is 4.01. The predicted molar refractivity (Wildman–Crippen MR) is 87.1 cm³/mol. The van der Waals surface area contributed by atoms with E-state index in [4.69, 9.17) is 0 Å². The molecular formula is C19H25N. The Morgan fingerprint density at radius 1 is 1.10 bits per heavy atom. The largest absolute Gasteiger partial charge is 0.359 e. The van der Waals surface area contributed by atoms with Crippen molar-refractivity contribution in [2.75, 3.05) is 4.90 Å². The van der Waals surface area contributed by atoms with E-state index in [0.29, 0.717) is 11.6 Å². The molecule has 3 rings (SSSR count). The van der Waals surface area contributed by atoms with Gasteiger partial charge in [-0.2, -0.15) is 0 Å². The van der Waals surface area contributed by atoms with E-state index in [0.717, 1.165) is 12.3 Å². The molecule has 0 saturated heterocycles. The van der Waals surface area contributed by atoms with Crippen LogP contribution in [0, 0.1) is 12.8 Å². The summed E-state index contributed by atoms with van der Waals surface area (Å²) >= 11 is 0. The Balaban J connectivity index is 1.93. The highest BCUT2D eigenvalue weighted by molar-refractivity contribution is 5.53. The van der Waals surface area contributed by atoms with Gasteiger partial charge in [0.25, 0.3) is 0 Å². The maximum atomic E-state index is 2.66. The summed E-state index contributed by atoms with van der Waals surface area (Å²) in [4.78, 5) is 2.66. The van der Waals surface area contributed by atoms with Gasteiger partial charge in [-0.25, -0.2) is 0 Å². The van der Waals surface area contributed by atoms with Crippen LogP contribution in [0.2, 0.25) is 0 Å². The molecule has 20 heavy (non-hydrogen) atoms. The SMILES string of the molecule is Cc1ccc(N(C2C=CC=CC2)C2(C)CC(C)C2)cc1. The summed E-state index contributed by atoms with van der Waals surface area (Å²) in [5.74, 6) is 0.857. The zero-order valence-electron chi connectivity index (χ0n) is 12.8. The van der Waals surface area contributed by atoms with Gasteiger partial charge in [-0.1, -0.05) is 48.9 Å². The summed E-state index contributed by atoms with van der Waals surface area (Å²) in [6.45, 7) is 6.95. The summed E-state index contributed by atoms with van der Waals surface area (Å²) in [6.07, 6.45) is 12.7. The Bertz CT molecular complexity index is 517. The zero-order valence-corrected chi connectivity index (χ0v) is 12.8. The highest BCUT2D eigenvalue weighted by Gasteiger charge is 2.44. The van der Waals surface area contributed by atoms with Crippen LogP contribution in [-0.2, 0) is 0 Å². The van der Waals surface area contributed by atoms with Crippen molar-refractivity contribution in [1.29, 1.82) is 0 Å². The van der Waals surface area contributed by atoms with Gasteiger partial charge in [0, 0.05) is 11.2 Å². The molecule has 1 aromatic rings. The number of anilines is 1. The second-order valence-electron chi connectivity index (χ2n) is 6.83. The van der Waals surface area contributed by atoms with Crippen LogP contribution in [-0.4, -0.2) is 11.6 Å². The van der Waals surface area contributed by atoms with E-state index in [2.05, 4.69) is 74.2 Å². The number of hydrogen-bond acceptors (Lipinski definition) is 1. The van der Waals surface area contributed by atoms with Gasteiger partial charge >= 0.3 is 0 Å². The average Bonchev–Trinajstić information content (AvgIpc) is 2.41. The average molecular weight is 267 g/mol. The molecule has 106 valence electrons. The minimum atomic E-state index is 0.314. The molecule has 1 fully saturated rings. The lowest BCUT2D eigenvalue weighted by molar-refractivity contribution is 0.162. The molecule has 0 radical (unpaired) electrons. The molecule has 1 aromatic carbocycles. The summed E-state index contributed by atoms with van der Waals surface area (Å²) in [6, 6.07) is 9.54. The Morgan fingerprint density at radius 2 is 1.80 bits per heavy atom. The molecule has 1 saturated carbocycles. The van der Waals surface area contributed by atoms with E-state index < -0.39 is 0 Å². The molecule has 0 spiro atoms. The maximum Gasteiger partial charge on any atom is 0.0516 e. The Hall–Kier alpha value is -1.50. The summed E-state index contributed by atoms with van der Waals surface area (Å²) in [5.41, 5.74) is 3.02. The minimum absolute atomic E-state index is 0.314. The molecule has 2 aliphatic rings. The van der Waals surface area contributed by atoms with Crippen molar-refractivity contribution in [2.24, 2.45) is 5.92 Å². The van der Waals surface area contributed by atoms with E-state index in [1.165, 1.54) is 24.1 Å². The fourth-order valence-corrected chi connectivity index (χ4v) is 4.01. The minimum Gasteiger partial charge on any atom is -0.359 e. The van der Waals surface area contributed by atoms with Crippen molar-refractivity contribution < 1.29 is 0 Å². The number of rotatable bonds is 3. The normalized spacial score (nSPS) is 31.9. The van der Waals surface area contributed by atoms with Crippen LogP contribution >= 0.6 is 0 Å². The van der Waals surface area contributed by atoms with Gasteiger partial charge < -0.3 is 4.90 Å². The number of hydrogen-bond donors (Lipinski definition) is 0. The van der Waals surface area contributed by atoms with Crippen molar-refractivity contribution >= 4 is 5.69 Å². The van der Waals surface area contributed by atoms with Crippen LogP contribution in [0.15, 0.2) is 48.6 Å². The first-order chi connectivity index (χ1) is 9.58. The van der Waals surface area contributed by atoms with E-state index in [1.54, 1.807) is 0 Å². The monoisotopic (exact) mass is 267 g/mol. The molecular weight excluding hydrogens is 242 g/mol. The van der Waals surface area contributed by atoms with Crippen LogP contribution in [0.1, 0.15) is 38.7 Å². The number of aryl methyl sites for hydroxylation is 1. The number of benzene rings is 1. The zero-order chi connectivity index (χ0) is 14.2. The lowest BCUT2D eigenvalue weighted by atomic mass is 9.68. The second kappa shape index (κ2) is 5.12. The topological polar surface area (TPSA) is 3.24 Å². The molecule has 1 nitrogen and oxygen atoms in total. The van der Waals surface area contributed by atoms with E-state index in [-0.39, 0.29) is 0 Å². The third-order valence-corrected chi connectivity index (χ3v) is 4.76. The van der Waals surface area contributed by atoms with E-state index >= 15 is 0 Å². The smallest absolute Gasteiger partial charge is 0.0516 e. The lowest BCUT2D eigenvalue weighted by Gasteiger charge is -2.55. The summed E-state index contributed by atoms with van der Waals surface area (Å²) in [7, 11) is 0. The number of allylic oxidation sites excluding steroid dienone is 2. The van der Waals surface area contributed by atoms with Crippen molar-refractivity contribution in [2.45, 2.75) is 51.6 Å². The van der Waals surface area contributed by atoms with Gasteiger partial charge in [0.15, 0.2) is 0 Å². The van der Waals surface area contributed by atoms with Gasteiger partial charge in [-0.15, -0.1) is 0 Å². The standard InChI is InChI=1S/C19H25N/c1-15-9-11-18(12-10-15)20(17-7-5-4-6-8-17)19(3)13-16(2)14-19/h4-7,9-12,16-17H,8,13-14H2,1-3H3. The van der Waals surface area contributed by atoms with Crippen molar-refractivity contribution in [1.82, 2.24) is 0 Å². The Labute approximate surface area is 123 Å². The molecule has 1 atom stereocenters. The van der Waals surface area contributed by atoms with Crippen molar-refractivity contribution in [3.63, 3.8) is 0 Å². The van der Waals surface area contributed by atoms with Gasteiger partial charge in [0.1, 0.15) is 0 Å². The third kappa shape index (κ3) is 2.42. The molecule has 1 unspecified atom stereocenters. The van der Waals surface area contributed by atoms with E-state index in [1.807, 2.05) is 0 Å². The molecule has 0 aliphatic heterocycles. The highest BCUT2D eigenvalue weighted by Crippen LogP contribution is 2.45. The van der Waals surface area contributed by atoms with E-state index in [9.17, 15) is 0 Å². The number of nitrogens with zero attached hydrogens (tertiary/aromatic N) is 1. The first kappa shape index (κ1) is 13.5. The third-order valence-electron chi connectivity index (χ3n) is 4.76. The van der Waals surface area contributed by atoms with Gasteiger partial charge in [0.2, 0.25) is 0 Å². The molecule has 0 N–H and O–H groups in total. The van der Waals surface area contributed by atoms with Gasteiger partial charge in [-0.05, 0) is 51.2 Å². The Morgan fingerprint density at radius 3 is 2.35 bits per heavy atom. The predicted octanol–water partition coefficient (Wildman–Crippen LogP) is 4.87. The maximum absolute atomic E-state index is 2.66. The summed E-state index contributed by atoms with van der Waals surface area (Å²) in [5, 5.41) is 0. The molecule has 0 amide bonds. The van der Waals surface area contributed by atoms with Crippen LogP contribution in [0.4, 0.5) is 5.69 Å². The van der Waals surface area contributed by atoms with Crippen LogP contribution in [0.3, 0.4) is 0 Å². The quantitative estimate of drug-likeness (QED) is 0.755. The molecule has 0 aromatic heterocycles. The molecule has 0 heterocycles. The van der Waals surface area contributed by atoms with Crippen molar-refractivity contribution in [3.05, 3.63) is 54.1 Å². The molecule has 0 bridgehead atoms. The molecule has 1 heteroatoms. The van der Waals surface area contributed by atoms with Crippen LogP contribution in [0.5, 0.6) is 0 Å². The first-order valence-corrected chi connectivity index (χ1v) is 7.78. The van der Waals surface area contributed by atoms with Crippen molar-refractivity contribution in [3.8, 4) is 0 Å². The van der Waals surface area contributed by atoms with Crippen LogP contribution < -0.4 is 4.90 Å². The highest BCUT2D eigenvalue weighted by atomic mass is 15.2. The van der Waals surface area contributed by atoms with Crippen LogP contribution in [0.25, 0.3) is 0 Å². The fraction of sp³-hybridized carbons (Fsp3) is 0.474. The summed E-state index contributed by atoms with van der Waals surface area (Å²) < 4.78 is 0. The lowest BCUT2D eigenvalue weighted by Crippen LogP contribution is -2.58. The Kier molecular flexibility index (Phi) is 3.45. The molecule has 2 aliphatic carbocycles.